The molecule has 1 amide bonds. The van der Waals surface area contributed by atoms with E-state index in [1.165, 1.54) is 24.3 Å². The summed E-state index contributed by atoms with van der Waals surface area (Å²) in [5.74, 6) is -4.37. The Morgan fingerprint density at radius 2 is 1.78 bits per heavy atom. The SMILES string of the molecule is CCN(Cc1cn(C)nc1C)C(=O)c1[nH]c(SCc2c(F)ccc(F)c2F)nc1-c1ccc(F)cc1. The van der Waals surface area contributed by atoms with Gasteiger partial charge in [0.05, 0.1) is 5.69 Å². The molecule has 2 heterocycles. The zero-order chi connectivity index (χ0) is 26.0. The quantitative estimate of drug-likeness (QED) is 0.187. The number of amides is 1. The predicted octanol–water partition coefficient (Wildman–Crippen LogP) is 5.63. The lowest BCUT2D eigenvalue weighted by atomic mass is 10.1. The first kappa shape index (κ1) is 25.5. The molecule has 0 aliphatic carbocycles. The fraction of sp³-hybridized carbons (Fsp3) is 0.240. The molecular weight excluding hydrogens is 494 g/mol. The Bertz CT molecular complexity index is 1400. The molecule has 0 aliphatic rings. The number of aromatic amines is 1. The van der Waals surface area contributed by atoms with Crippen LogP contribution in [0, 0.1) is 30.2 Å². The van der Waals surface area contributed by atoms with Crippen LogP contribution in [0.4, 0.5) is 17.6 Å². The maximum absolute atomic E-state index is 14.1. The number of nitrogens with zero attached hydrogens (tertiary/aromatic N) is 4. The highest BCUT2D eigenvalue weighted by molar-refractivity contribution is 7.98. The monoisotopic (exact) mass is 517 g/mol. The summed E-state index contributed by atoms with van der Waals surface area (Å²) in [6, 6.07) is 7.06. The van der Waals surface area contributed by atoms with Gasteiger partial charge in [-0.2, -0.15) is 5.10 Å². The van der Waals surface area contributed by atoms with Gasteiger partial charge in [0.25, 0.3) is 5.91 Å². The number of rotatable bonds is 8. The average Bonchev–Trinajstić information content (AvgIpc) is 3.42. The van der Waals surface area contributed by atoms with E-state index >= 15 is 0 Å². The van der Waals surface area contributed by atoms with Crippen molar-refractivity contribution in [3.05, 3.63) is 88.4 Å². The number of aryl methyl sites for hydroxylation is 2. The van der Waals surface area contributed by atoms with Crippen LogP contribution in [0.15, 0.2) is 47.8 Å². The van der Waals surface area contributed by atoms with Gasteiger partial charge < -0.3 is 9.88 Å². The van der Waals surface area contributed by atoms with Gasteiger partial charge in [-0.15, -0.1) is 0 Å². The van der Waals surface area contributed by atoms with Gasteiger partial charge in [-0.25, -0.2) is 22.5 Å². The van der Waals surface area contributed by atoms with Crippen molar-refractivity contribution in [2.75, 3.05) is 6.54 Å². The van der Waals surface area contributed by atoms with Crippen molar-refractivity contribution in [3.63, 3.8) is 0 Å². The van der Waals surface area contributed by atoms with Crippen LogP contribution >= 0.6 is 11.8 Å². The van der Waals surface area contributed by atoms with Crippen molar-refractivity contribution in [2.45, 2.75) is 31.3 Å². The molecule has 4 rings (SSSR count). The molecule has 188 valence electrons. The number of imidazole rings is 1. The molecule has 0 radical (unpaired) electrons. The third-order valence-corrected chi connectivity index (χ3v) is 6.55. The lowest BCUT2D eigenvalue weighted by Crippen LogP contribution is -2.31. The second-order valence-electron chi connectivity index (χ2n) is 8.12. The summed E-state index contributed by atoms with van der Waals surface area (Å²) in [4.78, 5) is 22.6. The molecule has 2 aromatic heterocycles. The number of carbonyl (C=O) groups is 1. The summed E-state index contributed by atoms with van der Waals surface area (Å²) in [5, 5.41) is 4.52. The number of H-pyrrole nitrogens is 1. The van der Waals surface area contributed by atoms with Gasteiger partial charge >= 0.3 is 0 Å². The van der Waals surface area contributed by atoms with Crippen LogP contribution in [0.1, 0.15) is 34.2 Å². The maximum Gasteiger partial charge on any atom is 0.272 e. The van der Waals surface area contributed by atoms with Gasteiger partial charge in [-0.05, 0) is 50.2 Å². The van der Waals surface area contributed by atoms with E-state index in [-0.39, 0.29) is 28.2 Å². The summed E-state index contributed by atoms with van der Waals surface area (Å²) in [6.07, 6.45) is 1.84. The lowest BCUT2D eigenvalue weighted by Gasteiger charge is -2.20. The van der Waals surface area contributed by atoms with Crippen LogP contribution in [-0.4, -0.2) is 37.1 Å². The molecular formula is C25H23F4N5OS. The number of halogens is 4. The Morgan fingerprint density at radius 3 is 2.42 bits per heavy atom. The van der Waals surface area contributed by atoms with E-state index in [2.05, 4.69) is 15.1 Å². The third-order valence-electron chi connectivity index (χ3n) is 5.65. The molecule has 2 aromatic carbocycles. The Morgan fingerprint density at radius 1 is 1.08 bits per heavy atom. The minimum atomic E-state index is -1.27. The zero-order valence-electron chi connectivity index (χ0n) is 19.8. The van der Waals surface area contributed by atoms with Gasteiger partial charge in [-0.3, -0.25) is 9.48 Å². The molecule has 0 fully saturated rings. The fourth-order valence-electron chi connectivity index (χ4n) is 3.73. The highest BCUT2D eigenvalue weighted by Gasteiger charge is 2.25. The number of aromatic nitrogens is 4. The Hall–Kier alpha value is -3.60. The largest absolute Gasteiger partial charge is 0.333 e. The number of hydrogen-bond donors (Lipinski definition) is 1. The first-order valence-electron chi connectivity index (χ1n) is 11.1. The van der Waals surface area contributed by atoms with E-state index in [1.807, 2.05) is 20.0 Å². The molecule has 0 atom stereocenters. The van der Waals surface area contributed by atoms with Crippen LogP contribution in [-0.2, 0) is 19.3 Å². The van der Waals surface area contributed by atoms with Crippen LogP contribution in [0.2, 0.25) is 0 Å². The Labute approximate surface area is 209 Å². The van der Waals surface area contributed by atoms with Crippen molar-refractivity contribution in [1.29, 1.82) is 0 Å². The van der Waals surface area contributed by atoms with Gasteiger partial charge in [-0.1, -0.05) is 11.8 Å². The van der Waals surface area contributed by atoms with Gasteiger partial charge in [0.2, 0.25) is 0 Å². The smallest absolute Gasteiger partial charge is 0.272 e. The van der Waals surface area contributed by atoms with Crippen LogP contribution in [0.5, 0.6) is 0 Å². The molecule has 1 N–H and O–H groups in total. The maximum atomic E-state index is 14.1. The molecule has 4 aromatic rings. The molecule has 0 unspecified atom stereocenters. The van der Waals surface area contributed by atoms with Crippen LogP contribution < -0.4 is 0 Å². The molecule has 6 nitrogen and oxygen atoms in total. The second kappa shape index (κ2) is 10.6. The predicted molar refractivity (Wildman–Crippen MR) is 128 cm³/mol. The van der Waals surface area contributed by atoms with E-state index in [0.717, 1.165) is 35.2 Å². The summed E-state index contributed by atoms with van der Waals surface area (Å²) in [6.45, 7) is 4.38. The van der Waals surface area contributed by atoms with E-state index in [0.29, 0.717) is 18.7 Å². The zero-order valence-corrected chi connectivity index (χ0v) is 20.6. The molecule has 36 heavy (non-hydrogen) atoms. The second-order valence-corrected chi connectivity index (χ2v) is 9.08. The minimum absolute atomic E-state index is 0.146. The van der Waals surface area contributed by atoms with Gasteiger partial charge in [0, 0.05) is 48.8 Å². The fourth-order valence-corrected chi connectivity index (χ4v) is 4.60. The summed E-state index contributed by atoms with van der Waals surface area (Å²) in [5.41, 5.74) is 2.14. The van der Waals surface area contributed by atoms with E-state index in [9.17, 15) is 22.4 Å². The van der Waals surface area contributed by atoms with Gasteiger partial charge in [0.15, 0.2) is 16.8 Å². The highest BCUT2D eigenvalue weighted by atomic mass is 32.2. The van der Waals surface area contributed by atoms with E-state index in [1.54, 1.807) is 16.6 Å². The minimum Gasteiger partial charge on any atom is -0.333 e. The summed E-state index contributed by atoms with van der Waals surface area (Å²) >= 11 is 0.918. The molecule has 11 heteroatoms. The number of benzene rings is 2. The average molecular weight is 518 g/mol. The number of nitrogens with one attached hydrogen (secondary N) is 1. The third kappa shape index (κ3) is 5.30. The first-order valence-corrected chi connectivity index (χ1v) is 12.1. The van der Waals surface area contributed by atoms with Crippen molar-refractivity contribution in [2.24, 2.45) is 7.05 Å². The summed E-state index contributed by atoms with van der Waals surface area (Å²) in [7, 11) is 1.80. The Kier molecular flexibility index (Phi) is 7.48. The van der Waals surface area contributed by atoms with E-state index < -0.39 is 28.8 Å². The van der Waals surface area contributed by atoms with Crippen molar-refractivity contribution < 1.29 is 22.4 Å². The first-order chi connectivity index (χ1) is 17.2. The lowest BCUT2D eigenvalue weighted by molar-refractivity contribution is 0.0747. The highest BCUT2D eigenvalue weighted by Crippen LogP contribution is 2.30. The van der Waals surface area contributed by atoms with E-state index in [4.69, 9.17) is 0 Å². The molecule has 0 bridgehead atoms. The van der Waals surface area contributed by atoms with Crippen LogP contribution in [0.25, 0.3) is 11.3 Å². The molecule has 0 saturated heterocycles. The van der Waals surface area contributed by atoms with Gasteiger partial charge in [0.1, 0.15) is 23.0 Å². The molecule has 0 spiro atoms. The number of hydrogen-bond acceptors (Lipinski definition) is 4. The van der Waals surface area contributed by atoms with Crippen molar-refractivity contribution >= 4 is 17.7 Å². The Balaban J connectivity index is 1.67. The number of carbonyl (C=O) groups excluding carboxylic acids is 1. The topological polar surface area (TPSA) is 66.8 Å². The van der Waals surface area contributed by atoms with Crippen molar-refractivity contribution in [1.82, 2.24) is 24.6 Å². The number of thioether (sulfide) groups is 1. The van der Waals surface area contributed by atoms with Crippen molar-refractivity contribution in [3.8, 4) is 11.3 Å². The van der Waals surface area contributed by atoms with Crippen LogP contribution in [0.3, 0.4) is 0 Å². The molecule has 0 saturated carbocycles. The summed E-state index contributed by atoms with van der Waals surface area (Å²) < 4.78 is 57.0. The standard InChI is InChI=1S/C25H23F4N5OS/c1-4-34(12-16-11-33(3)32-14(16)2)24(35)23-22(15-5-7-17(26)8-6-15)30-25(31-23)36-13-18-19(27)9-10-20(28)21(18)29/h5-11H,4,12-13H2,1-3H3,(H,30,31). The normalized spacial score (nSPS) is 11.2. The molecule has 0 aliphatic heterocycles.